The molecule has 0 atom stereocenters. The first kappa shape index (κ1) is 8.15. The summed E-state index contributed by atoms with van der Waals surface area (Å²) in [7, 11) is 0. The third-order valence-electron chi connectivity index (χ3n) is 2.01. The number of benzene rings is 1. The normalized spacial score (nSPS) is 10.2. The number of nitrogens with zero attached hydrogens (tertiary/aromatic N) is 1. The van der Waals surface area contributed by atoms with Gasteiger partial charge in [-0.1, -0.05) is 0 Å². The van der Waals surface area contributed by atoms with E-state index in [9.17, 15) is 0 Å². The number of aryl methyl sites for hydroxylation is 1. The number of halogens is 1. The first-order chi connectivity index (χ1) is 6.22. The second-order valence-corrected chi connectivity index (χ2v) is 3.17. The molecule has 0 aliphatic rings. The Morgan fingerprint density at radius 3 is 2.92 bits per heavy atom. The zero-order chi connectivity index (χ0) is 9.42. The molecule has 2 rings (SSSR count). The van der Waals surface area contributed by atoms with Gasteiger partial charge in [0, 0.05) is 10.9 Å². The van der Waals surface area contributed by atoms with Crippen molar-refractivity contribution in [3.05, 3.63) is 34.5 Å². The highest BCUT2D eigenvalue weighted by Gasteiger charge is 2.08. The second kappa shape index (κ2) is 2.79. The third kappa shape index (κ3) is 1.18. The second-order valence-electron chi connectivity index (χ2n) is 2.82. The third-order valence-corrected chi connectivity index (χ3v) is 2.37. The standard InChI is InChI=1S/C10H6ClNO/c1-6-8-4-7(5-12)2-3-9(8)13-10(6)11/h2-4H,1H3. The van der Waals surface area contributed by atoms with Crippen LogP contribution >= 0.6 is 11.6 Å². The molecule has 3 heteroatoms. The van der Waals surface area contributed by atoms with Gasteiger partial charge in [0.2, 0.25) is 0 Å². The van der Waals surface area contributed by atoms with Crippen LogP contribution in [-0.4, -0.2) is 0 Å². The van der Waals surface area contributed by atoms with Gasteiger partial charge in [0.15, 0.2) is 5.22 Å². The van der Waals surface area contributed by atoms with Gasteiger partial charge in [-0.15, -0.1) is 0 Å². The molecular weight excluding hydrogens is 186 g/mol. The van der Waals surface area contributed by atoms with Gasteiger partial charge in [-0.3, -0.25) is 0 Å². The first-order valence-electron chi connectivity index (χ1n) is 3.81. The van der Waals surface area contributed by atoms with Crippen molar-refractivity contribution in [3.8, 4) is 6.07 Å². The molecule has 0 unspecified atom stereocenters. The Morgan fingerprint density at radius 2 is 2.23 bits per heavy atom. The number of hydrogen-bond donors (Lipinski definition) is 0. The van der Waals surface area contributed by atoms with Crippen molar-refractivity contribution in [2.75, 3.05) is 0 Å². The van der Waals surface area contributed by atoms with Crippen LogP contribution < -0.4 is 0 Å². The van der Waals surface area contributed by atoms with Crippen LogP contribution in [0.5, 0.6) is 0 Å². The van der Waals surface area contributed by atoms with E-state index in [0.29, 0.717) is 10.8 Å². The number of fused-ring (bicyclic) bond motifs is 1. The minimum absolute atomic E-state index is 0.394. The fourth-order valence-electron chi connectivity index (χ4n) is 1.26. The maximum atomic E-state index is 8.68. The zero-order valence-electron chi connectivity index (χ0n) is 6.97. The number of nitriles is 1. The lowest BCUT2D eigenvalue weighted by atomic mass is 10.1. The van der Waals surface area contributed by atoms with E-state index in [-0.39, 0.29) is 0 Å². The largest absolute Gasteiger partial charge is 0.444 e. The van der Waals surface area contributed by atoms with Crippen molar-refractivity contribution >= 4 is 22.6 Å². The first-order valence-corrected chi connectivity index (χ1v) is 4.19. The van der Waals surface area contributed by atoms with Crippen molar-refractivity contribution in [2.45, 2.75) is 6.92 Å². The van der Waals surface area contributed by atoms with Gasteiger partial charge in [-0.25, -0.2) is 0 Å². The number of furan rings is 1. The van der Waals surface area contributed by atoms with E-state index >= 15 is 0 Å². The van der Waals surface area contributed by atoms with Gasteiger partial charge in [-0.05, 0) is 36.7 Å². The predicted molar refractivity (Wildman–Crippen MR) is 50.7 cm³/mol. The quantitative estimate of drug-likeness (QED) is 0.641. The Balaban J connectivity index is 2.84. The van der Waals surface area contributed by atoms with E-state index in [1.165, 1.54) is 0 Å². The van der Waals surface area contributed by atoms with E-state index in [1.807, 2.05) is 6.92 Å². The maximum Gasteiger partial charge on any atom is 0.197 e. The minimum atomic E-state index is 0.394. The van der Waals surface area contributed by atoms with Crippen LogP contribution in [0, 0.1) is 18.3 Å². The summed E-state index contributed by atoms with van der Waals surface area (Å²) >= 11 is 5.80. The van der Waals surface area contributed by atoms with Crippen LogP contribution in [0.25, 0.3) is 11.0 Å². The summed E-state index contributed by atoms with van der Waals surface area (Å²) in [6.07, 6.45) is 0. The van der Waals surface area contributed by atoms with E-state index in [0.717, 1.165) is 16.5 Å². The Labute approximate surface area is 80.3 Å². The Kier molecular flexibility index (Phi) is 1.75. The highest BCUT2D eigenvalue weighted by atomic mass is 35.5. The molecule has 0 radical (unpaired) electrons. The predicted octanol–water partition coefficient (Wildman–Crippen LogP) is 3.27. The average Bonchev–Trinajstić information content (AvgIpc) is 2.43. The molecule has 2 nitrogen and oxygen atoms in total. The molecule has 0 saturated heterocycles. The average molecular weight is 192 g/mol. The molecule has 0 spiro atoms. The fraction of sp³-hybridized carbons (Fsp3) is 0.100. The Bertz CT molecular complexity index is 507. The van der Waals surface area contributed by atoms with Crippen molar-refractivity contribution in [3.63, 3.8) is 0 Å². The molecular formula is C10H6ClNO. The molecule has 0 bridgehead atoms. The van der Waals surface area contributed by atoms with Crippen molar-refractivity contribution < 1.29 is 4.42 Å². The van der Waals surface area contributed by atoms with E-state index in [1.54, 1.807) is 18.2 Å². The molecule has 0 aliphatic heterocycles. The van der Waals surface area contributed by atoms with Gasteiger partial charge < -0.3 is 4.42 Å². The van der Waals surface area contributed by atoms with Crippen molar-refractivity contribution in [1.82, 2.24) is 0 Å². The van der Waals surface area contributed by atoms with Crippen LogP contribution in [0.4, 0.5) is 0 Å². The van der Waals surface area contributed by atoms with Crippen molar-refractivity contribution in [1.29, 1.82) is 5.26 Å². The fourth-order valence-corrected chi connectivity index (χ4v) is 1.45. The maximum absolute atomic E-state index is 8.68. The van der Waals surface area contributed by atoms with Gasteiger partial charge in [-0.2, -0.15) is 5.26 Å². The molecule has 2 aromatic rings. The van der Waals surface area contributed by atoms with E-state index in [4.69, 9.17) is 21.3 Å². The van der Waals surface area contributed by atoms with Gasteiger partial charge >= 0.3 is 0 Å². The lowest BCUT2D eigenvalue weighted by Gasteiger charge is -1.89. The van der Waals surface area contributed by atoms with Crippen molar-refractivity contribution in [2.24, 2.45) is 0 Å². The molecule has 13 heavy (non-hydrogen) atoms. The number of hydrogen-bond acceptors (Lipinski definition) is 2. The van der Waals surface area contributed by atoms with E-state index < -0.39 is 0 Å². The molecule has 0 aliphatic carbocycles. The lowest BCUT2D eigenvalue weighted by Crippen LogP contribution is -1.73. The molecule has 0 fully saturated rings. The summed E-state index contributed by atoms with van der Waals surface area (Å²) in [6.45, 7) is 1.87. The minimum Gasteiger partial charge on any atom is -0.444 e. The molecule has 1 aromatic carbocycles. The molecule has 64 valence electrons. The summed E-state index contributed by atoms with van der Waals surface area (Å²) in [6, 6.07) is 7.32. The number of rotatable bonds is 0. The SMILES string of the molecule is Cc1c(Cl)oc2ccc(C#N)cc12. The molecule has 1 aromatic heterocycles. The Morgan fingerprint density at radius 1 is 1.46 bits per heavy atom. The van der Waals surface area contributed by atoms with Crippen LogP contribution in [0.15, 0.2) is 22.6 Å². The van der Waals surface area contributed by atoms with E-state index in [2.05, 4.69) is 6.07 Å². The summed E-state index contributed by atoms with van der Waals surface area (Å²) in [5.74, 6) is 0. The van der Waals surface area contributed by atoms with Crippen LogP contribution in [-0.2, 0) is 0 Å². The monoisotopic (exact) mass is 191 g/mol. The summed E-state index contributed by atoms with van der Waals surface area (Å²) < 4.78 is 5.25. The highest BCUT2D eigenvalue weighted by molar-refractivity contribution is 6.30. The lowest BCUT2D eigenvalue weighted by molar-refractivity contribution is 0.615. The van der Waals surface area contributed by atoms with Gasteiger partial charge in [0.25, 0.3) is 0 Å². The summed E-state index contributed by atoms with van der Waals surface area (Å²) in [4.78, 5) is 0. The summed E-state index contributed by atoms with van der Waals surface area (Å²) in [5.41, 5.74) is 2.23. The topological polar surface area (TPSA) is 36.9 Å². The highest BCUT2D eigenvalue weighted by Crippen LogP contribution is 2.29. The van der Waals surface area contributed by atoms with Crippen LogP contribution in [0.1, 0.15) is 11.1 Å². The Hall–Kier alpha value is -1.46. The zero-order valence-corrected chi connectivity index (χ0v) is 7.72. The van der Waals surface area contributed by atoms with Crippen LogP contribution in [0.3, 0.4) is 0 Å². The summed E-state index contributed by atoms with van der Waals surface area (Å²) in [5, 5.41) is 9.98. The van der Waals surface area contributed by atoms with Gasteiger partial charge in [0.05, 0.1) is 11.6 Å². The molecule has 0 N–H and O–H groups in total. The molecule has 1 heterocycles. The smallest absolute Gasteiger partial charge is 0.197 e. The van der Waals surface area contributed by atoms with Crippen LogP contribution in [0.2, 0.25) is 5.22 Å². The molecule has 0 saturated carbocycles. The van der Waals surface area contributed by atoms with Gasteiger partial charge in [0.1, 0.15) is 5.58 Å². The molecule has 0 amide bonds.